The molecule has 1 N–H and O–H groups in total. The number of carboxylic acid groups (broad SMARTS) is 1. The Hall–Kier alpha value is -1.39. The highest BCUT2D eigenvalue weighted by atomic mass is 16.4. The predicted molar refractivity (Wildman–Crippen MR) is 42.0 cm³/mol. The molecular weight excluding hydrogens is 158 g/mol. The highest BCUT2D eigenvalue weighted by Gasteiger charge is 2.14. The lowest BCUT2D eigenvalue weighted by atomic mass is 10.2. The number of hydrogen-bond donors (Lipinski definition) is 1. The summed E-state index contributed by atoms with van der Waals surface area (Å²) in [5, 5.41) is 15.7. The molecule has 0 aromatic carbocycles. The summed E-state index contributed by atoms with van der Waals surface area (Å²) in [7, 11) is 0. The van der Waals surface area contributed by atoms with E-state index in [-0.39, 0.29) is 11.9 Å². The van der Waals surface area contributed by atoms with Crippen molar-refractivity contribution in [3.8, 4) is 0 Å². The summed E-state index contributed by atoms with van der Waals surface area (Å²) in [6.07, 6.45) is 2.30. The molecule has 1 rings (SSSR count). The highest BCUT2D eigenvalue weighted by Crippen LogP contribution is 2.10. The molecule has 0 aliphatic heterocycles. The van der Waals surface area contributed by atoms with Crippen molar-refractivity contribution in [2.75, 3.05) is 0 Å². The number of aromatic nitrogens is 3. The van der Waals surface area contributed by atoms with Gasteiger partial charge < -0.3 is 9.67 Å². The molecule has 1 aromatic rings. The normalized spacial score (nSPS) is 12.8. The van der Waals surface area contributed by atoms with E-state index in [1.54, 1.807) is 4.57 Å². The Bertz CT molecular complexity index is 282. The molecule has 0 aliphatic rings. The maximum absolute atomic E-state index is 10.6. The Morgan fingerprint density at radius 2 is 2.50 bits per heavy atom. The second-order valence-electron chi connectivity index (χ2n) is 2.62. The van der Waals surface area contributed by atoms with E-state index in [0.717, 1.165) is 6.42 Å². The highest BCUT2D eigenvalue weighted by molar-refractivity contribution is 5.83. The average molecular weight is 169 g/mol. The molecule has 0 bridgehead atoms. The third-order valence-corrected chi connectivity index (χ3v) is 1.83. The van der Waals surface area contributed by atoms with Gasteiger partial charge in [-0.3, -0.25) is 0 Å². The fourth-order valence-electron chi connectivity index (χ4n) is 0.915. The van der Waals surface area contributed by atoms with E-state index in [0.29, 0.717) is 0 Å². The van der Waals surface area contributed by atoms with E-state index >= 15 is 0 Å². The molecule has 0 saturated carbocycles. The molecule has 12 heavy (non-hydrogen) atoms. The van der Waals surface area contributed by atoms with Gasteiger partial charge in [0.25, 0.3) is 0 Å². The molecule has 5 nitrogen and oxygen atoms in total. The molecule has 1 atom stereocenters. The fourth-order valence-corrected chi connectivity index (χ4v) is 0.915. The Labute approximate surface area is 70.0 Å². The monoisotopic (exact) mass is 169 g/mol. The van der Waals surface area contributed by atoms with Crippen molar-refractivity contribution in [1.29, 1.82) is 0 Å². The summed E-state index contributed by atoms with van der Waals surface area (Å²) in [5.41, 5.74) is 0. The van der Waals surface area contributed by atoms with Gasteiger partial charge in [0.05, 0.1) is 0 Å². The molecule has 0 spiro atoms. The van der Waals surface area contributed by atoms with Gasteiger partial charge in [0.15, 0.2) is 0 Å². The molecular formula is C7H11N3O2. The molecule has 0 fully saturated rings. The Kier molecular flexibility index (Phi) is 2.42. The lowest BCUT2D eigenvalue weighted by Crippen LogP contribution is -2.12. The van der Waals surface area contributed by atoms with Crippen LogP contribution in [0.4, 0.5) is 0 Å². The molecule has 0 saturated heterocycles. The maximum atomic E-state index is 10.6. The minimum absolute atomic E-state index is 0.00403. The summed E-state index contributed by atoms with van der Waals surface area (Å²) in [6, 6.07) is 0.131. The van der Waals surface area contributed by atoms with Crippen LogP contribution >= 0.6 is 0 Å². The van der Waals surface area contributed by atoms with Crippen LogP contribution in [0.5, 0.6) is 0 Å². The minimum Gasteiger partial charge on any atom is -0.475 e. The first kappa shape index (κ1) is 8.70. The van der Waals surface area contributed by atoms with Crippen LogP contribution < -0.4 is 0 Å². The number of carboxylic acids is 1. The minimum atomic E-state index is -1.03. The molecule has 1 aromatic heterocycles. The van der Waals surface area contributed by atoms with E-state index in [1.807, 2.05) is 13.8 Å². The van der Waals surface area contributed by atoms with Gasteiger partial charge in [-0.2, -0.15) is 0 Å². The smallest absolute Gasteiger partial charge is 0.374 e. The van der Waals surface area contributed by atoms with Gasteiger partial charge in [0, 0.05) is 6.04 Å². The van der Waals surface area contributed by atoms with Crippen molar-refractivity contribution in [3.05, 3.63) is 12.2 Å². The van der Waals surface area contributed by atoms with Gasteiger partial charge in [-0.15, -0.1) is 10.2 Å². The van der Waals surface area contributed by atoms with Gasteiger partial charge in [-0.25, -0.2) is 4.79 Å². The lowest BCUT2D eigenvalue weighted by molar-refractivity contribution is 0.0675. The van der Waals surface area contributed by atoms with E-state index in [4.69, 9.17) is 5.11 Å². The largest absolute Gasteiger partial charge is 0.475 e. The van der Waals surface area contributed by atoms with Gasteiger partial charge in [-0.1, -0.05) is 6.92 Å². The van der Waals surface area contributed by atoms with Crippen LogP contribution in [-0.2, 0) is 0 Å². The number of nitrogens with zero attached hydrogens (tertiary/aromatic N) is 3. The quantitative estimate of drug-likeness (QED) is 0.731. The van der Waals surface area contributed by atoms with Crippen LogP contribution in [0, 0.1) is 0 Å². The molecule has 0 radical (unpaired) electrons. The van der Waals surface area contributed by atoms with E-state index in [2.05, 4.69) is 10.2 Å². The molecule has 0 amide bonds. The SMILES string of the molecule is CCC(C)n1cnnc1C(=O)O. The molecule has 1 unspecified atom stereocenters. The molecule has 66 valence electrons. The van der Waals surface area contributed by atoms with Crippen molar-refractivity contribution >= 4 is 5.97 Å². The third kappa shape index (κ3) is 1.44. The molecule has 5 heteroatoms. The average Bonchev–Trinajstić information content (AvgIpc) is 2.50. The number of aromatic carboxylic acids is 1. The van der Waals surface area contributed by atoms with Gasteiger partial charge >= 0.3 is 5.97 Å². The first-order valence-electron chi connectivity index (χ1n) is 3.79. The Morgan fingerprint density at radius 3 is 3.00 bits per heavy atom. The Morgan fingerprint density at radius 1 is 1.83 bits per heavy atom. The zero-order valence-corrected chi connectivity index (χ0v) is 7.06. The first-order valence-corrected chi connectivity index (χ1v) is 3.79. The van der Waals surface area contributed by atoms with Crippen LogP contribution in [0.15, 0.2) is 6.33 Å². The van der Waals surface area contributed by atoms with Crippen LogP contribution in [0.1, 0.15) is 36.9 Å². The summed E-state index contributed by atoms with van der Waals surface area (Å²) < 4.78 is 1.56. The van der Waals surface area contributed by atoms with Crippen LogP contribution in [0.3, 0.4) is 0 Å². The second-order valence-corrected chi connectivity index (χ2v) is 2.62. The lowest BCUT2D eigenvalue weighted by Gasteiger charge is -2.09. The van der Waals surface area contributed by atoms with Crippen molar-refractivity contribution in [1.82, 2.24) is 14.8 Å². The second kappa shape index (κ2) is 3.34. The molecule has 0 aliphatic carbocycles. The zero-order valence-electron chi connectivity index (χ0n) is 7.06. The summed E-state index contributed by atoms with van der Waals surface area (Å²) in [4.78, 5) is 10.6. The van der Waals surface area contributed by atoms with Crippen molar-refractivity contribution in [2.45, 2.75) is 26.3 Å². The maximum Gasteiger partial charge on any atom is 0.374 e. The summed E-state index contributed by atoms with van der Waals surface area (Å²) in [6.45, 7) is 3.91. The third-order valence-electron chi connectivity index (χ3n) is 1.83. The van der Waals surface area contributed by atoms with Gasteiger partial charge in [0.1, 0.15) is 6.33 Å². The number of rotatable bonds is 3. The fraction of sp³-hybridized carbons (Fsp3) is 0.571. The van der Waals surface area contributed by atoms with E-state index in [9.17, 15) is 4.79 Å². The first-order chi connectivity index (χ1) is 5.66. The Balaban J connectivity index is 2.98. The van der Waals surface area contributed by atoms with Crippen molar-refractivity contribution in [3.63, 3.8) is 0 Å². The topological polar surface area (TPSA) is 68.0 Å². The van der Waals surface area contributed by atoms with Crippen LogP contribution in [0.25, 0.3) is 0 Å². The van der Waals surface area contributed by atoms with Crippen LogP contribution in [0.2, 0.25) is 0 Å². The van der Waals surface area contributed by atoms with Crippen molar-refractivity contribution < 1.29 is 9.90 Å². The zero-order chi connectivity index (χ0) is 9.14. The summed E-state index contributed by atoms with van der Waals surface area (Å²) >= 11 is 0. The van der Waals surface area contributed by atoms with Gasteiger partial charge in [-0.05, 0) is 13.3 Å². The summed E-state index contributed by atoms with van der Waals surface area (Å²) in [5.74, 6) is -1.03. The predicted octanol–water partition coefficient (Wildman–Crippen LogP) is 0.947. The van der Waals surface area contributed by atoms with Gasteiger partial charge in [0.2, 0.25) is 5.82 Å². The van der Waals surface area contributed by atoms with Crippen LogP contribution in [-0.4, -0.2) is 25.8 Å². The number of carbonyl (C=O) groups is 1. The standard InChI is InChI=1S/C7H11N3O2/c1-3-5(2)10-4-8-9-6(10)7(11)12/h4-5H,3H2,1-2H3,(H,11,12). The van der Waals surface area contributed by atoms with E-state index < -0.39 is 5.97 Å². The van der Waals surface area contributed by atoms with E-state index in [1.165, 1.54) is 6.33 Å². The van der Waals surface area contributed by atoms with Crippen molar-refractivity contribution in [2.24, 2.45) is 0 Å². The molecule has 1 heterocycles. The number of hydrogen-bond acceptors (Lipinski definition) is 3.